The number of hydrogen-bond donors (Lipinski definition) is 2. The lowest BCUT2D eigenvalue weighted by Crippen LogP contribution is -2.29. The number of carboxylic acids is 1. The average molecular weight is 917 g/mol. The SMILES string of the molecule is [C-]#[N+]c1cncc(COc2cc(OCc3cccc(-c4cccc(COc5cc(OCc6cncc(C)c6)c(C(C)=O)cc5Cl)c4C)c3C)c(Cl)cc2CC[C@H](C(=O)O)[C@@H](C)[C@H](C)O)c1. The number of pyridine rings is 2. The van der Waals surface area contributed by atoms with Crippen molar-refractivity contribution >= 4 is 40.6 Å². The first-order chi connectivity index (χ1) is 31.1. The molecule has 0 spiro atoms. The van der Waals surface area contributed by atoms with Gasteiger partial charge in [0, 0.05) is 42.5 Å². The first-order valence-corrected chi connectivity index (χ1v) is 21.9. The van der Waals surface area contributed by atoms with E-state index in [1.807, 2.05) is 51.1 Å². The number of aliphatic hydroxyl groups is 1. The fourth-order valence-corrected chi connectivity index (χ4v) is 7.98. The van der Waals surface area contributed by atoms with Crippen molar-refractivity contribution in [3.63, 3.8) is 0 Å². The van der Waals surface area contributed by atoms with E-state index < -0.39 is 23.9 Å². The number of ether oxygens (including phenoxy) is 4. The molecule has 0 aliphatic rings. The van der Waals surface area contributed by atoms with Crippen molar-refractivity contribution in [2.45, 2.75) is 86.9 Å². The molecule has 336 valence electrons. The Bertz CT molecular complexity index is 2730. The minimum atomic E-state index is -0.989. The van der Waals surface area contributed by atoms with Gasteiger partial charge in [-0.15, -0.1) is 0 Å². The van der Waals surface area contributed by atoms with Gasteiger partial charge in [0.25, 0.3) is 0 Å². The van der Waals surface area contributed by atoms with Crippen molar-refractivity contribution in [3.05, 3.63) is 169 Å². The molecule has 4 aromatic carbocycles. The van der Waals surface area contributed by atoms with Crippen LogP contribution >= 0.6 is 23.2 Å². The number of carboxylic acid groups (broad SMARTS) is 1. The Morgan fingerprint density at radius 1 is 0.692 bits per heavy atom. The molecule has 3 atom stereocenters. The van der Waals surface area contributed by atoms with Gasteiger partial charge < -0.3 is 29.2 Å². The van der Waals surface area contributed by atoms with Crippen molar-refractivity contribution in [3.8, 4) is 34.1 Å². The molecule has 0 aliphatic carbocycles. The number of benzene rings is 4. The van der Waals surface area contributed by atoms with Crippen LogP contribution in [0.5, 0.6) is 23.0 Å². The molecular formula is C52H51Cl2N3O8. The Morgan fingerprint density at radius 3 is 1.78 bits per heavy atom. The molecule has 65 heavy (non-hydrogen) atoms. The van der Waals surface area contributed by atoms with Crippen LogP contribution in [-0.2, 0) is 37.6 Å². The van der Waals surface area contributed by atoms with E-state index in [1.165, 1.54) is 13.1 Å². The summed E-state index contributed by atoms with van der Waals surface area (Å²) in [5.74, 6) is -0.863. The molecule has 0 saturated heterocycles. The zero-order chi connectivity index (χ0) is 46.8. The van der Waals surface area contributed by atoms with Crippen LogP contribution in [0.25, 0.3) is 16.0 Å². The standard InChI is InChI=1S/C52H51Cl2N3O8/c1-30-16-36(23-56-22-30)26-63-49-21-51(47(54)19-45(49)35(6)59)65-29-40-11-9-13-43(33(40)4)42-12-8-10-39(32(42)3)28-64-50-20-48(62-27-37-17-41(55-7)25-57-24-37)38(18-46(50)53)14-15-44(52(60)61)31(2)34(5)58/h8-13,16-25,31,34,44,58H,14-15,26-29H2,1-6H3,(H,60,61)/t31-,34-,44-/m0/s1. The largest absolute Gasteiger partial charge is 0.488 e. The van der Waals surface area contributed by atoms with Gasteiger partial charge in [0.05, 0.1) is 34.2 Å². The van der Waals surface area contributed by atoms with Crippen LogP contribution < -0.4 is 18.9 Å². The number of aromatic nitrogens is 2. The van der Waals surface area contributed by atoms with Crippen LogP contribution in [0, 0.1) is 39.2 Å². The van der Waals surface area contributed by atoms with E-state index in [9.17, 15) is 19.8 Å². The van der Waals surface area contributed by atoms with E-state index in [0.717, 1.165) is 44.5 Å². The molecule has 0 radical (unpaired) electrons. The van der Waals surface area contributed by atoms with Gasteiger partial charge in [-0.2, -0.15) is 0 Å². The van der Waals surface area contributed by atoms with E-state index >= 15 is 0 Å². The molecule has 2 heterocycles. The molecule has 0 fully saturated rings. The molecule has 0 bridgehead atoms. The second-order valence-corrected chi connectivity index (χ2v) is 17.0. The molecule has 2 aromatic heterocycles. The minimum absolute atomic E-state index is 0.0999. The Labute approximate surface area is 389 Å². The monoisotopic (exact) mass is 915 g/mol. The summed E-state index contributed by atoms with van der Waals surface area (Å²) in [4.78, 5) is 36.6. The Balaban J connectivity index is 1.20. The van der Waals surface area contributed by atoms with Crippen LogP contribution in [0.4, 0.5) is 5.69 Å². The van der Waals surface area contributed by atoms with Crippen LogP contribution in [-0.4, -0.2) is 38.0 Å². The molecule has 11 nitrogen and oxygen atoms in total. The number of hydrogen-bond acceptors (Lipinski definition) is 9. The Morgan fingerprint density at radius 2 is 1.23 bits per heavy atom. The second-order valence-electron chi connectivity index (χ2n) is 16.2. The highest BCUT2D eigenvalue weighted by Crippen LogP contribution is 2.38. The molecule has 0 saturated carbocycles. The van der Waals surface area contributed by atoms with Gasteiger partial charge in [-0.05, 0) is 128 Å². The van der Waals surface area contributed by atoms with Crippen molar-refractivity contribution in [2.24, 2.45) is 11.8 Å². The summed E-state index contributed by atoms with van der Waals surface area (Å²) < 4.78 is 25.1. The third-order valence-electron chi connectivity index (χ3n) is 11.5. The Kier molecular flexibility index (Phi) is 16.2. The second kappa shape index (κ2) is 22.0. The molecule has 13 heteroatoms. The van der Waals surface area contributed by atoms with E-state index in [-0.39, 0.29) is 38.6 Å². The molecular weight excluding hydrogens is 865 g/mol. The fraction of sp³-hybridized carbons (Fsp3) is 0.288. The summed E-state index contributed by atoms with van der Waals surface area (Å²) in [6, 6.07) is 22.4. The van der Waals surface area contributed by atoms with Crippen LogP contribution in [0.2, 0.25) is 10.0 Å². The number of aryl methyl sites for hydroxylation is 2. The van der Waals surface area contributed by atoms with Gasteiger partial charge in [0.2, 0.25) is 5.69 Å². The first-order valence-electron chi connectivity index (χ1n) is 21.1. The number of nitrogens with zero attached hydrogens (tertiary/aromatic N) is 3. The number of aliphatic hydroxyl groups excluding tert-OH is 1. The smallest absolute Gasteiger partial charge is 0.306 e. The maximum atomic E-state index is 12.5. The summed E-state index contributed by atoms with van der Waals surface area (Å²) >= 11 is 13.5. The van der Waals surface area contributed by atoms with Gasteiger partial charge in [-0.3, -0.25) is 19.6 Å². The van der Waals surface area contributed by atoms with E-state index in [0.29, 0.717) is 61.8 Å². The van der Waals surface area contributed by atoms with Gasteiger partial charge in [0.15, 0.2) is 5.78 Å². The number of carbonyl (C=O) groups is 2. The molecule has 2 N–H and O–H groups in total. The van der Waals surface area contributed by atoms with E-state index in [2.05, 4.69) is 26.9 Å². The van der Waals surface area contributed by atoms with Gasteiger partial charge in [-0.1, -0.05) is 66.5 Å². The zero-order valence-corrected chi connectivity index (χ0v) is 38.7. The van der Waals surface area contributed by atoms with E-state index in [4.69, 9.17) is 48.7 Å². The fourth-order valence-electron chi connectivity index (χ4n) is 7.52. The Hall–Kier alpha value is -6.45. The topological polar surface area (TPSA) is 142 Å². The number of rotatable bonds is 20. The zero-order valence-electron chi connectivity index (χ0n) is 37.2. The summed E-state index contributed by atoms with van der Waals surface area (Å²) in [6.07, 6.45) is 6.34. The predicted molar refractivity (Wildman–Crippen MR) is 251 cm³/mol. The molecule has 0 aliphatic heterocycles. The number of ketones is 1. The molecule has 6 rings (SSSR count). The first kappa shape index (κ1) is 48.0. The lowest BCUT2D eigenvalue weighted by molar-refractivity contribution is -0.145. The van der Waals surface area contributed by atoms with Gasteiger partial charge in [-0.25, -0.2) is 4.85 Å². The average Bonchev–Trinajstić information content (AvgIpc) is 3.28. The van der Waals surface area contributed by atoms with Gasteiger partial charge in [0.1, 0.15) is 49.4 Å². The summed E-state index contributed by atoms with van der Waals surface area (Å²) in [5.41, 5.74) is 9.88. The highest BCUT2D eigenvalue weighted by Gasteiger charge is 2.28. The maximum Gasteiger partial charge on any atom is 0.306 e. The third kappa shape index (κ3) is 12.2. The quantitative estimate of drug-likeness (QED) is 0.0561. The van der Waals surface area contributed by atoms with Crippen molar-refractivity contribution < 1.29 is 38.7 Å². The highest BCUT2D eigenvalue weighted by atomic mass is 35.5. The molecule has 6 aromatic rings. The van der Waals surface area contributed by atoms with Crippen LogP contribution in [0.15, 0.2) is 97.6 Å². The van der Waals surface area contributed by atoms with Crippen molar-refractivity contribution in [2.75, 3.05) is 0 Å². The predicted octanol–water partition coefficient (Wildman–Crippen LogP) is 12.1. The summed E-state index contributed by atoms with van der Waals surface area (Å²) in [5, 5.41) is 20.8. The summed E-state index contributed by atoms with van der Waals surface area (Å²) in [6.45, 7) is 18.9. The van der Waals surface area contributed by atoms with Crippen LogP contribution in [0.3, 0.4) is 0 Å². The number of halogens is 2. The molecule has 0 amide bonds. The minimum Gasteiger partial charge on any atom is -0.488 e. The van der Waals surface area contributed by atoms with Crippen LogP contribution in [0.1, 0.15) is 82.1 Å². The lowest BCUT2D eigenvalue weighted by Gasteiger charge is -2.23. The molecule has 0 unspecified atom stereocenters. The third-order valence-corrected chi connectivity index (χ3v) is 12.1. The van der Waals surface area contributed by atoms with Gasteiger partial charge >= 0.3 is 5.97 Å². The number of carbonyl (C=O) groups excluding carboxylic acids is 1. The number of aliphatic carboxylic acids is 1. The summed E-state index contributed by atoms with van der Waals surface area (Å²) in [7, 11) is 0. The highest BCUT2D eigenvalue weighted by molar-refractivity contribution is 6.32. The number of Topliss-reactive ketones (excluding diaryl/α,β-unsaturated/α-hetero) is 1. The normalized spacial score (nSPS) is 12.4. The van der Waals surface area contributed by atoms with E-state index in [1.54, 1.807) is 62.8 Å². The van der Waals surface area contributed by atoms with Crippen molar-refractivity contribution in [1.82, 2.24) is 9.97 Å². The lowest BCUT2D eigenvalue weighted by atomic mass is 9.85. The van der Waals surface area contributed by atoms with Crippen molar-refractivity contribution in [1.29, 1.82) is 0 Å². The maximum absolute atomic E-state index is 12.5.